The van der Waals surface area contributed by atoms with E-state index >= 15 is 0 Å². The van der Waals surface area contributed by atoms with Crippen LogP contribution in [0.25, 0.3) is 0 Å². The molecule has 106 valence electrons. The van der Waals surface area contributed by atoms with Crippen LogP contribution in [0.4, 0.5) is 5.69 Å². The second-order valence-corrected chi connectivity index (χ2v) is 5.12. The van der Waals surface area contributed by atoms with Gasteiger partial charge in [-0.25, -0.2) is 9.78 Å². The van der Waals surface area contributed by atoms with E-state index in [-0.39, 0.29) is 5.15 Å². The monoisotopic (exact) mass is 302 g/mol. The molecule has 1 amide bonds. The van der Waals surface area contributed by atoms with E-state index < -0.39 is 17.9 Å². The molecule has 1 aliphatic heterocycles. The Labute approximate surface area is 125 Å². The second kappa shape index (κ2) is 5.18. The summed E-state index contributed by atoms with van der Waals surface area (Å²) in [6, 6.07) is 9.34. The summed E-state index contributed by atoms with van der Waals surface area (Å²) in [6.07, 6.45) is 1.66. The largest absolute Gasteiger partial charge is 0.480 e. The molecular weight excluding hydrogens is 292 g/mol. The number of para-hydroxylation sites is 1. The van der Waals surface area contributed by atoms with Gasteiger partial charge in [0.15, 0.2) is 0 Å². The van der Waals surface area contributed by atoms with E-state index in [1.807, 2.05) is 12.1 Å². The molecular formula is C15H11ClN2O3. The number of carbonyl (C=O) groups is 2. The molecule has 0 aliphatic carbocycles. The number of carboxylic acids is 1. The number of pyridine rings is 1. The Kier molecular flexibility index (Phi) is 3.35. The van der Waals surface area contributed by atoms with Gasteiger partial charge in [-0.1, -0.05) is 29.8 Å². The first-order valence-electron chi connectivity index (χ1n) is 6.34. The Hall–Kier alpha value is -2.40. The normalized spacial score (nSPS) is 16.6. The molecule has 1 aromatic heterocycles. The number of benzene rings is 1. The maximum Gasteiger partial charge on any atom is 0.327 e. The molecule has 1 atom stereocenters. The highest BCUT2D eigenvalue weighted by atomic mass is 35.5. The van der Waals surface area contributed by atoms with Crippen LogP contribution in [0.15, 0.2) is 42.6 Å². The van der Waals surface area contributed by atoms with Crippen molar-refractivity contribution in [3.8, 4) is 0 Å². The first kappa shape index (κ1) is 13.6. The number of carbonyl (C=O) groups excluding carboxylic acids is 1. The molecule has 0 bridgehead atoms. The van der Waals surface area contributed by atoms with Crippen LogP contribution >= 0.6 is 11.6 Å². The van der Waals surface area contributed by atoms with E-state index in [9.17, 15) is 14.7 Å². The maximum absolute atomic E-state index is 12.6. The van der Waals surface area contributed by atoms with Crippen molar-refractivity contribution in [3.63, 3.8) is 0 Å². The Morgan fingerprint density at radius 2 is 2.00 bits per heavy atom. The van der Waals surface area contributed by atoms with E-state index in [0.717, 1.165) is 5.56 Å². The maximum atomic E-state index is 12.6. The molecule has 0 spiro atoms. The topological polar surface area (TPSA) is 70.5 Å². The van der Waals surface area contributed by atoms with Gasteiger partial charge in [-0.05, 0) is 23.8 Å². The minimum Gasteiger partial charge on any atom is -0.480 e. The lowest BCUT2D eigenvalue weighted by Crippen LogP contribution is -2.42. The zero-order valence-electron chi connectivity index (χ0n) is 10.9. The highest BCUT2D eigenvalue weighted by molar-refractivity contribution is 6.29. The zero-order valence-corrected chi connectivity index (χ0v) is 11.6. The zero-order chi connectivity index (χ0) is 15.0. The third-order valence-corrected chi connectivity index (χ3v) is 3.68. The van der Waals surface area contributed by atoms with Gasteiger partial charge in [-0.2, -0.15) is 0 Å². The van der Waals surface area contributed by atoms with Gasteiger partial charge in [-0.15, -0.1) is 0 Å². The minimum atomic E-state index is -1.03. The van der Waals surface area contributed by atoms with Gasteiger partial charge in [-0.3, -0.25) is 9.69 Å². The molecule has 6 heteroatoms. The van der Waals surface area contributed by atoms with Crippen LogP contribution in [0.2, 0.25) is 5.15 Å². The van der Waals surface area contributed by atoms with Crippen molar-refractivity contribution in [1.82, 2.24) is 4.98 Å². The number of rotatable bonds is 2. The van der Waals surface area contributed by atoms with Crippen LogP contribution in [0, 0.1) is 0 Å². The van der Waals surface area contributed by atoms with Gasteiger partial charge in [0.1, 0.15) is 11.2 Å². The number of anilines is 1. The van der Waals surface area contributed by atoms with Crippen molar-refractivity contribution in [2.75, 3.05) is 4.90 Å². The average molecular weight is 303 g/mol. The van der Waals surface area contributed by atoms with E-state index in [0.29, 0.717) is 17.7 Å². The number of aromatic nitrogens is 1. The summed E-state index contributed by atoms with van der Waals surface area (Å²) in [7, 11) is 0. The number of nitrogens with zero attached hydrogens (tertiary/aromatic N) is 2. The molecule has 0 unspecified atom stereocenters. The van der Waals surface area contributed by atoms with E-state index in [1.165, 1.54) is 23.2 Å². The molecule has 1 aromatic carbocycles. The van der Waals surface area contributed by atoms with Crippen LogP contribution < -0.4 is 4.90 Å². The van der Waals surface area contributed by atoms with Gasteiger partial charge in [0.05, 0.1) is 5.56 Å². The smallest absolute Gasteiger partial charge is 0.327 e. The van der Waals surface area contributed by atoms with Gasteiger partial charge in [0.2, 0.25) is 0 Å². The van der Waals surface area contributed by atoms with E-state index in [2.05, 4.69) is 4.98 Å². The number of hydrogen-bond acceptors (Lipinski definition) is 3. The first-order chi connectivity index (χ1) is 10.1. The van der Waals surface area contributed by atoms with Gasteiger partial charge in [0.25, 0.3) is 5.91 Å². The SMILES string of the molecule is O=C(O)[C@@H]1Cc2ccccc2N1C(=O)c1ccc(Cl)nc1. The van der Waals surface area contributed by atoms with Crippen molar-refractivity contribution in [3.05, 3.63) is 58.9 Å². The average Bonchev–Trinajstić information content (AvgIpc) is 2.87. The van der Waals surface area contributed by atoms with Crippen LogP contribution in [-0.2, 0) is 11.2 Å². The van der Waals surface area contributed by atoms with Crippen molar-refractivity contribution in [2.45, 2.75) is 12.5 Å². The van der Waals surface area contributed by atoms with Crippen molar-refractivity contribution in [2.24, 2.45) is 0 Å². The summed E-state index contributed by atoms with van der Waals surface area (Å²) in [5.41, 5.74) is 1.78. The lowest BCUT2D eigenvalue weighted by molar-refractivity contribution is -0.138. The fraction of sp³-hybridized carbons (Fsp3) is 0.133. The number of halogens is 1. The summed E-state index contributed by atoms with van der Waals surface area (Å²) in [5, 5.41) is 9.65. The summed E-state index contributed by atoms with van der Waals surface area (Å²) >= 11 is 5.71. The molecule has 0 fully saturated rings. The molecule has 5 nitrogen and oxygen atoms in total. The van der Waals surface area contributed by atoms with Crippen LogP contribution in [0.5, 0.6) is 0 Å². The minimum absolute atomic E-state index is 0.281. The van der Waals surface area contributed by atoms with Crippen LogP contribution in [-0.4, -0.2) is 28.0 Å². The Balaban J connectivity index is 2.03. The fourth-order valence-corrected chi connectivity index (χ4v) is 2.59. The molecule has 2 heterocycles. The Bertz CT molecular complexity index is 715. The van der Waals surface area contributed by atoms with Gasteiger partial charge in [0, 0.05) is 18.3 Å². The predicted octanol–water partition coefficient (Wildman–Crippen LogP) is 2.39. The molecule has 1 N–H and O–H groups in total. The second-order valence-electron chi connectivity index (χ2n) is 4.73. The van der Waals surface area contributed by atoms with Crippen molar-refractivity contribution in [1.29, 1.82) is 0 Å². The highest BCUT2D eigenvalue weighted by Gasteiger charge is 2.38. The molecule has 3 rings (SSSR count). The Morgan fingerprint density at radius 1 is 1.24 bits per heavy atom. The van der Waals surface area contributed by atoms with E-state index in [1.54, 1.807) is 12.1 Å². The third-order valence-electron chi connectivity index (χ3n) is 3.45. The summed E-state index contributed by atoms with van der Waals surface area (Å²) in [4.78, 5) is 29.2. The number of fused-ring (bicyclic) bond motifs is 1. The van der Waals surface area contributed by atoms with Crippen LogP contribution in [0.1, 0.15) is 15.9 Å². The molecule has 1 aliphatic rings. The summed E-state index contributed by atoms with van der Waals surface area (Å²) < 4.78 is 0. The molecule has 0 radical (unpaired) electrons. The number of carboxylic acid groups (broad SMARTS) is 1. The summed E-state index contributed by atoms with van der Waals surface area (Å²) in [6.45, 7) is 0. The number of aliphatic carboxylic acids is 1. The van der Waals surface area contributed by atoms with E-state index in [4.69, 9.17) is 11.6 Å². The molecule has 21 heavy (non-hydrogen) atoms. The lowest BCUT2D eigenvalue weighted by atomic mass is 10.1. The third kappa shape index (κ3) is 2.36. The molecule has 2 aromatic rings. The predicted molar refractivity (Wildman–Crippen MR) is 77.6 cm³/mol. The quantitative estimate of drug-likeness (QED) is 0.865. The lowest BCUT2D eigenvalue weighted by Gasteiger charge is -2.22. The number of amides is 1. The van der Waals surface area contributed by atoms with Crippen molar-refractivity contribution < 1.29 is 14.7 Å². The number of hydrogen-bond donors (Lipinski definition) is 1. The standard InChI is InChI=1S/C15H11ClN2O3/c16-13-6-5-10(8-17-13)14(19)18-11-4-2-1-3-9(11)7-12(18)15(20)21/h1-6,8,12H,7H2,(H,20,21)/t12-/m0/s1. The Morgan fingerprint density at radius 3 is 2.67 bits per heavy atom. The van der Waals surface area contributed by atoms with Crippen molar-refractivity contribution >= 4 is 29.2 Å². The fourth-order valence-electron chi connectivity index (χ4n) is 2.48. The van der Waals surface area contributed by atoms with Crippen LogP contribution in [0.3, 0.4) is 0 Å². The first-order valence-corrected chi connectivity index (χ1v) is 6.71. The van der Waals surface area contributed by atoms with Gasteiger partial charge >= 0.3 is 5.97 Å². The molecule has 0 saturated carbocycles. The van der Waals surface area contributed by atoms with Gasteiger partial charge < -0.3 is 5.11 Å². The highest BCUT2D eigenvalue weighted by Crippen LogP contribution is 2.33. The summed E-state index contributed by atoms with van der Waals surface area (Å²) in [5.74, 6) is -1.42. The molecule has 0 saturated heterocycles.